The topological polar surface area (TPSA) is 55.1 Å². The van der Waals surface area contributed by atoms with Crippen LogP contribution in [0, 0.1) is 12.7 Å². The second-order valence-corrected chi connectivity index (χ2v) is 4.95. The highest BCUT2D eigenvalue weighted by atomic mass is 19.1. The summed E-state index contributed by atoms with van der Waals surface area (Å²) in [6.07, 6.45) is 0. The van der Waals surface area contributed by atoms with Crippen molar-refractivity contribution in [2.24, 2.45) is 0 Å². The summed E-state index contributed by atoms with van der Waals surface area (Å²) < 4.78 is 14.7. The molecular weight excluding hydrogens is 247 g/mol. The molecule has 0 fully saturated rings. The van der Waals surface area contributed by atoms with Crippen LogP contribution < -0.4 is 5.43 Å². The van der Waals surface area contributed by atoms with Gasteiger partial charge in [0.15, 0.2) is 0 Å². The minimum Gasteiger partial charge on any atom is -0.384 e. The van der Waals surface area contributed by atoms with E-state index >= 15 is 0 Å². The van der Waals surface area contributed by atoms with Gasteiger partial charge >= 0.3 is 0 Å². The van der Waals surface area contributed by atoms with Crippen molar-refractivity contribution in [2.45, 2.75) is 26.4 Å². The van der Waals surface area contributed by atoms with E-state index in [1.54, 1.807) is 19.1 Å². The van der Waals surface area contributed by atoms with Gasteiger partial charge in [-0.05, 0) is 39.0 Å². The van der Waals surface area contributed by atoms with Gasteiger partial charge in [0.1, 0.15) is 17.1 Å². The molecule has 1 heterocycles. The van der Waals surface area contributed by atoms with Gasteiger partial charge in [-0.2, -0.15) is 5.10 Å². The lowest BCUT2D eigenvalue weighted by Crippen LogP contribution is -2.30. The Balaban J connectivity index is 2.68. The molecule has 0 amide bonds. The highest BCUT2D eigenvalue weighted by Gasteiger charge is 2.23. The van der Waals surface area contributed by atoms with Crippen molar-refractivity contribution in [1.29, 1.82) is 0 Å². The van der Waals surface area contributed by atoms with E-state index in [4.69, 9.17) is 0 Å². The molecule has 0 aliphatic carbocycles. The molecule has 2 rings (SSSR count). The fourth-order valence-electron chi connectivity index (χ4n) is 1.84. The van der Waals surface area contributed by atoms with E-state index in [1.807, 2.05) is 0 Å². The average molecular weight is 262 g/mol. The van der Waals surface area contributed by atoms with E-state index < -0.39 is 5.60 Å². The number of rotatable bonds is 2. The molecule has 0 spiro atoms. The summed E-state index contributed by atoms with van der Waals surface area (Å²) in [4.78, 5) is 11.8. The van der Waals surface area contributed by atoms with Gasteiger partial charge in [-0.15, -0.1) is 0 Å². The lowest BCUT2D eigenvalue weighted by Gasteiger charge is -2.18. The molecule has 100 valence electrons. The van der Waals surface area contributed by atoms with Crippen molar-refractivity contribution >= 4 is 0 Å². The standard InChI is InChI=1S/C14H15FN2O2/c1-9-7-12(18)13(14(2,3)19)16-17(9)11-6-4-5-10(15)8-11/h4-8,19H,1-3H3. The fraction of sp³-hybridized carbons (Fsp3) is 0.286. The fourth-order valence-corrected chi connectivity index (χ4v) is 1.84. The Morgan fingerprint density at radius 2 is 2.00 bits per heavy atom. The van der Waals surface area contributed by atoms with Gasteiger partial charge in [-0.25, -0.2) is 9.07 Å². The lowest BCUT2D eigenvalue weighted by molar-refractivity contribution is 0.0709. The first-order valence-electron chi connectivity index (χ1n) is 5.89. The second kappa shape index (κ2) is 4.59. The first kappa shape index (κ1) is 13.4. The lowest BCUT2D eigenvalue weighted by atomic mass is 10.0. The largest absolute Gasteiger partial charge is 0.384 e. The number of hydrogen-bond acceptors (Lipinski definition) is 3. The third-order valence-corrected chi connectivity index (χ3v) is 2.74. The van der Waals surface area contributed by atoms with Gasteiger partial charge in [0, 0.05) is 11.8 Å². The molecule has 1 aromatic heterocycles. The number of hydrogen-bond donors (Lipinski definition) is 1. The summed E-state index contributed by atoms with van der Waals surface area (Å²) in [5, 5.41) is 14.1. The van der Waals surface area contributed by atoms with E-state index in [-0.39, 0.29) is 16.9 Å². The Kier molecular flexibility index (Phi) is 3.24. The monoisotopic (exact) mass is 262 g/mol. The number of aromatic nitrogens is 2. The molecule has 0 saturated carbocycles. The van der Waals surface area contributed by atoms with Crippen molar-refractivity contribution in [1.82, 2.24) is 9.78 Å². The highest BCUT2D eigenvalue weighted by Crippen LogP contribution is 2.16. The zero-order chi connectivity index (χ0) is 14.2. The maximum Gasteiger partial charge on any atom is 0.206 e. The van der Waals surface area contributed by atoms with Gasteiger partial charge in [0.25, 0.3) is 0 Å². The molecule has 2 aromatic rings. The summed E-state index contributed by atoms with van der Waals surface area (Å²) >= 11 is 0. The minimum atomic E-state index is -1.35. The Labute approximate surface area is 110 Å². The second-order valence-electron chi connectivity index (χ2n) is 4.95. The number of benzene rings is 1. The van der Waals surface area contributed by atoms with Gasteiger partial charge in [0.05, 0.1) is 5.69 Å². The molecule has 1 aromatic carbocycles. The molecule has 4 nitrogen and oxygen atoms in total. The van der Waals surface area contributed by atoms with Crippen LogP contribution in [0.4, 0.5) is 4.39 Å². The number of halogens is 1. The molecule has 1 N–H and O–H groups in total. The van der Waals surface area contributed by atoms with Crippen molar-refractivity contribution in [2.75, 3.05) is 0 Å². The number of aryl methyl sites for hydroxylation is 1. The summed E-state index contributed by atoms with van der Waals surface area (Å²) in [7, 11) is 0. The predicted octanol–water partition coefficient (Wildman–Crippen LogP) is 1.91. The quantitative estimate of drug-likeness (QED) is 0.899. The van der Waals surface area contributed by atoms with Crippen molar-refractivity contribution in [3.05, 3.63) is 57.8 Å². The van der Waals surface area contributed by atoms with E-state index in [0.717, 1.165) is 0 Å². The molecule has 0 bridgehead atoms. The zero-order valence-electron chi connectivity index (χ0n) is 11.0. The van der Waals surface area contributed by atoms with Crippen molar-refractivity contribution < 1.29 is 9.50 Å². The smallest absolute Gasteiger partial charge is 0.206 e. The van der Waals surface area contributed by atoms with Crippen molar-refractivity contribution in [3.63, 3.8) is 0 Å². The van der Waals surface area contributed by atoms with Crippen LogP contribution in [0.3, 0.4) is 0 Å². The Hall–Kier alpha value is -2.01. The molecule has 5 heteroatoms. The SMILES string of the molecule is Cc1cc(=O)c(C(C)(C)O)nn1-c1cccc(F)c1. The Morgan fingerprint density at radius 3 is 2.58 bits per heavy atom. The van der Waals surface area contributed by atoms with Crippen LogP contribution in [0.25, 0.3) is 5.69 Å². The number of nitrogens with zero attached hydrogens (tertiary/aromatic N) is 2. The van der Waals surface area contributed by atoms with Gasteiger partial charge < -0.3 is 5.11 Å². The maximum atomic E-state index is 13.2. The summed E-state index contributed by atoms with van der Waals surface area (Å²) in [6, 6.07) is 7.28. The first-order chi connectivity index (χ1) is 8.79. The van der Waals surface area contributed by atoms with Crippen LogP contribution >= 0.6 is 0 Å². The molecule has 0 radical (unpaired) electrons. The van der Waals surface area contributed by atoms with Crippen LogP contribution in [0.15, 0.2) is 35.1 Å². The van der Waals surface area contributed by atoms with E-state index in [1.165, 1.54) is 36.7 Å². The van der Waals surface area contributed by atoms with Crippen LogP contribution in [0.5, 0.6) is 0 Å². The maximum absolute atomic E-state index is 13.2. The van der Waals surface area contributed by atoms with Gasteiger partial charge in [-0.1, -0.05) is 6.07 Å². The van der Waals surface area contributed by atoms with Crippen LogP contribution in [0.1, 0.15) is 25.2 Å². The highest BCUT2D eigenvalue weighted by molar-refractivity contribution is 5.33. The van der Waals surface area contributed by atoms with E-state index in [0.29, 0.717) is 11.4 Å². The van der Waals surface area contributed by atoms with E-state index in [2.05, 4.69) is 5.10 Å². The van der Waals surface area contributed by atoms with Crippen LogP contribution in [-0.2, 0) is 5.60 Å². The third-order valence-electron chi connectivity index (χ3n) is 2.74. The average Bonchev–Trinajstić information content (AvgIpc) is 2.27. The normalized spacial score (nSPS) is 11.6. The van der Waals surface area contributed by atoms with E-state index in [9.17, 15) is 14.3 Å². The molecule has 0 aliphatic heterocycles. The van der Waals surface area contributed by atoms with Gasteiger partial charge in [-0.3, -0.25) is 4.79 Å². The first-order valence-corrected chi connectivity index (χ1v) is 5.89. The van der Waals surface area contributed by atoms with Crippen LogP contribution in [-0.4, -0.2) is 14.9 Å². The molecule has 0 atom stereocenters. The minimum absolute atomic E-state index is 0.0300. The Morgan fingerprint density at radius 1 is 1.32 bits per heavy atom. The zero-order valence-corrected chi connectivity index (χ0v) is 11.0. The summed E-state index contributed by atoms with van der Waals surface area (Å²) in [5.74, 6) is -0.387. The van der Waals surface area contributed by atoms with Crippen molar-refractivity contribution in [3.8, 4) is 5.69 Å². The molecule has 0 saturated heterocycles. The molecule has 0 unspecified atom stereocenters. The molecular formula is C14H15FN2O2. The molecule has 0 aliphatic rings. The third kappa shape index (κ3) is 2.71. The molecule has 19 heavy (non-hydrogen) atoms. The predicted molar refractivity (Wildman–Crippen MR) is 69.8 cm³/mol. The summed E-state index contributed by atoms with van der Waals surface area (Å²) in [5.41, 5.74) is -0.577. The number of aliphatic hydroxyl groups is 1. The van der Waals surface area contributed by atoms with Gasteiger partial charge in [0.2, 0.25) is 5.43 Å². The summed E-state index contributed by atoms with van der Waals surface area (Å²) in [6.45, 7) is 4.68. The Bertz CT molecular complexity index is 672. The van der Waals surface area contributed by atoms with Crippen LogP contribution in [0.2, 0.25) is 0 Å².